The molecule has 0 aliphatic rings. The SMILES string of the molecule is Cc1cc(C)cc(NS(=O)(=O)c2cc(C(=O)Nc3ccc(S(=O)(=O)Nc4cccc5ccccc45)cc3)ccc2Cl)c1. The van der Waals surface area contributed by atoms with Crippen LogP contribution in [0.2, 0.25) is 5.02 Å². The Kier molecular flexibility index (Phi) is 7.96. The molecule has 0 fully saturated rings. The zero-order valence-electron chi connectivity index (χ0n) is 22.6. The maximum atomic E-state index is 13.1. The monoisotopic (exact) mass is 619 g/mol. The quantitative estimate of drug-likeness (QED) is 0.173. The Morgan fingerprint density at radius 3 is 2.05 bits per heavy atom. The van der Waals surface area contributed by atoms with Crippen LogP contribution in [-0.2, 0) is 20.0 Å². The third kappa shape index (κ3) is 6.41. The van der Waals surface area contributed by atoms with Crippen LogP contribution in [0.25, 0.3) is 10.8 Å². The first-order chi connectivity index (χ1) is 19.9. The molecule has 0 atom stereocenters. The lowest BCUT2D eigenvalue weighted by Crippen LogP contribution is -2.17. The highest BCUT2D eigenvalue weighted by molar-refractivity contribution is 7.93. The van der Waals surface area contributed by atoms with Gasteiger partial charge in [0.15, 0.2) is 0 Å². The van der Waals surface area contributed by atoms with Gasteiger partial charge in [-0.2, -0.15) is 0 Å². The van der Waals surface area contributed by atoms with Crippen molar-refractivity contribution >= 4 is 65.4 Å². The third-order valence-corrected chi connectivity index (χ3v) is 9.66. The van der Waals surface area contributed by atoms with Gasteiger partial charge in [0.05, 0.1) is 15.6 Å². The van der Waals surface area contributed by atoms with E-state index >= 15 is 0 Å². The maximum Gasteiger partial charge on any atom is 0.263 e. The van der Waals surface area contributed by atoms with E-state index in [4.69, 9.17) is 11.6 Å². The molecule has 1 amide bonds. The molecule has 214 valence electrons. The van der Waals surface area contributed by atoms with Gasteiger partial charge in [-0.1, -0.05) is 54.1 Å². The predicted molar refractivity (Wildman–Crippen MR) is 167 cm³/mol. The highest BCUT2D eigenvalue weighted by Gasteiger charge is 2.21. The molecule has 0 aliphatic heterocycles. The smallest absolute Gasteiger partial charge is 0.263 e. The van der Waals surface area contributed by atoms with E-state index in [1.165, 1.54) is 42.5 Å². The number of rotatable bonds is 8. The summed E-state index contributed by atoms with van der Waals surface area (Å²) in [5, 5.41) is 4.28. The lowest BCUT2D eigenvalue weighted by atomic mass is 10.1. The number of anilines is 3. The van der Waals surface area contributed by atoms with E-state index < -0.39 is 26.0 Å². The van der Waals surface area contributed by atoms with Crippen molar-refractivity contribution < 1.29 is 21.6 Å². The summed E-state index contributed by atoms with van der Waals surface area (Å²) in [7, 11) is -8.02. The minimum Gasteiger partial charge on any atom is -0.322 e. The highest BCUT2D eigenvalue weighted by atomic mass is 35.5. The number of sulfonamides is 2. The van der Waals surface area contributed by atoms with Crippen LogP contribution < -0.4 is 14.8 Å². The summed E-state index contributed by atoms with van der Waals surface area (Å²) in [4.78, 5) is 12.8. The normalized spacial score (nSPS) is 11.7. The van der Waals surface area contributed by atoms with Crippen molar-refractivity contribution in [3.8, 4) is 0 Å². The van der Waals surface area contributed by atoms with Gasteiger partial charge < -0.3 is 5.32 Å². The van der Waals surface area contributed by atoms with Crippen molar-refractivity contribution in [2.45, 2.75) is 23.6 Å². The molecule has 0 radical (unpaired) electrons. The molecular formula is C31H26ClN3O5S2. The Morgan fingerprint density at radius 1 is 0.667 bits per heavy atom. The van der Waals surface area contributed by atoms with Crippen molar-refractivity contribution in [1.82, 2.24) is 0 Å². The predicted octanol–water partition coefficient (Wildman–Crippen LogP) is 6.96. The third-order valence-electron chi connectivity index (χ3n) is 6.41. The first-order valence-corrected chi connectivity index (χ1v) is 16.1. The van der Waals surface area contributed by atoms with Gasteiger partial charge in [-0.05, 0) is 91.0 Å². The molecule has 42 heavy (non-hydrogen) atoms. The summed E-state index contributed by atoms with van der Waals surface area (Å²) in [6, 6.07) is 27.6. The van der Waals surface area contributed by atoms with Gasteiger partial charge in [-0.25, -0.2) is 16.8 Å². The molecule has 11 heteroatoms. The molecule has 0 bridgehead atoms. The van der Waals surface area contributed by atoms with Crippen molar-refractivity contribution in [2.75, 3.05) is 14.8 Å². The van der Waals surface area contributed by atoms with Gasteiger partial charge in [0.25, 0.3) is 26.0 Å². The van der Waals surface area contributed by atoms with Gasteiger partial charge in [-0.3, -0.25) is 14.2 Å². The Morgan fingerprint density at radius 2 is 1.33 bits per heavy atom. The number of halogens is 1. The van der Waals surface area contributed by atoms with Crippen LogP contribution >= 0.6 is 11.6 Å². The number of aryl methyl sites for hydroxylation is 2. The molecule has 5 aromatic rings. The van der Waals surface area contributed by atoms with Gasteiger partial charge in [0.1, 0.15) is 4.90 Å². The van der Waals surface area contributed by atoms with Crippen LogP contribution in [0.4, 0.5) is 17.1 Å². The van der Waals surface area contributed by atoms with E-state index in [-0.39, 0.29) is 20.4 Å². The fraction of sp³-hybridized carbons (Fsp3) is 0.0645. The molecule has 0 saturated carbocycles. The number of fused-ring (bicyclic) bond motifs is 1. The number of benzene rings is 5. The second kappa shape index (κ2) is 11.5. The molecule has 0 saturated heterocycles. The fourth-order valence-corrected chi connectivity index (χ4v) is 7.18. The number of hydrogen-bond donors (Lipinski definition) is 3. The average Bonchev–Trinajstić information content (AvgIpc) is 2.92. The molecular weight excluding hydrogens is 594 g/mol. The Bertz CT molecular complexity index is 2020. The fourth-order valence-electron chi connectivity index (χ4n) is 4.53. The van der Waals surface area contributed by atoms with Gasteiger partial charge in [0.2, 0.25) is 0 Å². The lowest BCUT2D eigenvalue weighted by Gasteiger charge is -2.13. The minimum atomic E-state index is -4.10. The maximum absolute atomic E-state index is 13.1. The van der Waals surface area contributed by atoms with Gasteiger partial charge in [-0.15, -0.1) is 0 Å². The molecule has 0 heterocycles. The second-order valence-electron chi connectivity index (χ2n) is 9.74. The van der Waals surface area contributed by atoms with Crippen LogP contribution in [0.3, 0.4) is 0 Å². The summed E-state index contributed by atoms with van der Waals surface area (Å²) in [5.41, 5.74) is 2.96. The number of amides is 1. The van der Waals surface area contributed by atoms with E-state index in [2.05, 4.69) is 14.8 Å². The Hall–Kier alpha value is -4.38. The number of carbonyl (C=O) groups excluding carboxylic acids is 1. The first kappa shape index (κ1) is 29.1. The number of carbonyl (C=O) groups is 1. The lowest BCUT2D eigenvalue weighted by molar-refractivity contribution is 0.102. The van der Waals surface area contributed by atoms with Gasteiger partial charge in [0, 0.05) is 22.3 Å². The summed E-state index contributed by atoms with van der Waals surface area (Å²) >= 11 is 6.21. The largest absolute Gasteiger partial charge is 0.322 e. The number of hydrogen-bond acceptors (Lipinski definition) is 5. The summed E-state index contributed by atoms with van der Waals surface area (Å²) in [6.07, 6.45) is 0. The van der Waals surface area contributed by atoms with E-state index in [1.54, 1.807) is 24.3 Å². The van der Waals surface area contributed by atoms with Crippen LogP contribution in [0.5, 0.6) is 0 Å². The van der Waals surface area contributed by atoms with E-state index in [9.17, 15) is 21.6 Å². The van der Waals surface area contributed by atoms with Crippen molar-refractivity contribution in [1.29, 1.82) is 0 Å². The zero-order chi connectivity index (χ0) is 30.1. The van der Waals surface area contributed by atoms with Crippen LogP contribution in [0, 0.1) is 13.8 Å². The molecule has 5 rings (SSSR count). The van der Waals surface area contributed by atoms with E-state index in [0.717, 1.165) is 21.9 Å². The summed E-state index contributed by atoms with van der Waals surface area (Å²) < 4.78 is 57.5. The molecule has 5 aromatic carbocycles. The summed E-state index contributed by atoms with van der Waals surface area (Å²) in [6.45, 7) is 3.71. The molecule has 0 aliphatic carbocycles. The van der Waals surface area contributed by atoms with Gasteiger partial charge >= 0.3 is 0 Å². The minimum absolute atomic E-state index is 0.00534. The molecule has 0 unspecified atom stereocenters. The molecule has 8 nitrogen and oxygen atoms in total. The second-order valence-corrected chi connectivity index (χ2v) is 13.5. The van der Waals surface area contributed by atoms with Crippen molar-refractivity contribution in [3.63, 3.8) is 0 Å². The van der Waals surface area contributed by atoms with Crippen LogP contribution in [0.15, 0.2) is 113 Å². The summed E-state index contributed by atoms with van der Waals surface area (Å²) in [5.74, 6) is -0.598. The standard InChI is InChI=1S/C31H26ClN3O5S2/c1-20-16-21(2)18-25(17-20)34-42(39,40)30-19-23(10-15-28(30)32)31(36)33-24-11-13-26(14-12-24)41(37,38)35-29-9-5-7-22-6-3-4-8-27(22)29/h3-19,34-35H,1-2H3,(H,33,36). The highest BCUT2D eigenvalue weighted by Crippen LogP contribution is 2.28. The number of nitrogens with one attached hydrogen (secondary N) is 3. The van der Waals surface area contributed by atoms with Crippen LogP contribution in [0.1, 0.15) is 21.5 Å². The van der Waals surface area contributed by atoms with Crippen molar-refractivity contribution in [2.24, 2.45) is 0 Å². The Balaban J connectivity index is 1.32. The topological polar surface area (TPSA) is 121 Å². The zero-order valence-corrected chi connectivity index (χ0v) is 24.9. The first-order valence-electron chi connectivity index (χ1n) is 12.7. The average molecular weight is 620 g/mol. The molecule has 3 N–H and O–H groups in total. The van der Waals surface area contributed by atoms with E-state index in [1.807, 2.05) is 50.2 Å². The molecule has 0 spiro atoms. The van der Waals surface area contributed by atoms with Crippen molar-refractivity contribution in [3.05, 3.63) is 125 Å². The van der Waals surface area contributed by atoms with E-state index in [0.29, 0.717) is 17.1 Å². The molecule has 0 aromatic heterocycles. The van der Waals surface area contributed by atoms with Crippen LogP contribution in [-0.4, -0.2) is 22.7 Å². The Labute approximate surface area is 249 Å².